The third kappa shape index (κ3) is 5.68. The van der Waals surface area contributed by atoms with Gasteiger partial charge in [0.25, 0.3) is 5.91 Å². The number of aliphatic hydroxyl groups excluding tert-OH is 2. The van der Waals surface area contributed by atoms with Gasteiger partial charge in [-0.3, -0.25) is 4.79 Å². The molecule has 0 saturated carbocycles. The lowest BCUT2D eigenvalue weighted by Gasteiger charge is -2.11. The number of hydrogen-bond acceptors (Lipinski definition) is 4. The fraction of sp³-hybridized carbons (Fsp3) is 0.385. The first-order chi connectivity index (χ1) is 9.52. The molecule has 0 aliphatic rings. The molecule has 0 bridgehead atoms. The number of benzene rings is 1. The minimum atomic E-state index is -1.15. The van der Waals surface area contributed by atoms with Gasteiger partial charge >= 0.3 is 6.03 Å². The average molecular weight is 281 g/mol. The fourth-order valence-electron chi connectivity index (χ4n) is 1.56. The summed E-state index contributed by atoms with van der Waals surface area (Å²) in [6.45, 7) is 0.245. The van der Waals surface area contributed by atoms with Crippen molar-refractivity contribution in [2.75, 3.05) is 11.9 Å². The minimum absolute atomic E-state index is 0.0658. The van der Waals surface area contributed by atoms with Crippen molar-refractivity contribution in [2.24, 2.45) is 5.73 Å². The maximum atomic E-state index is 11.7. The van der Waals surface area contributed by atoms with Gasteiger partial charge in [0.2, 0.25) is 0 Å². The predicted molar refractivity (Wildman–Crippen MR) is 73.8 cm³/mol. The van der Waals surface area contributed by atoms with Crippen LogP contribution in [0.15, 0.2) is 24.3 Å². The van der Waals surface area contributed by atoms with Crippen molar-refractivity contribution in [1.82, 2.24) is 5.32 Å². The third-order valence-corrected chi connectivity index (χ3v) is 2.66. The van der Waals surface area contributed by atoms with Crippen LogP contribution in [0.4, 0.5) is 10.5 Å². The molecular weight excluding hydrogens is 262 g/mol. The normalized spacial score (nSPS) is 11.7. The Morgan fingerprint density at radius 2 is 1.90 bits per heavy atom. The predicted octanol–water partition coefficient (Wildman–Crippen LogP) is -0.0732. The Labute approximate surface area is 116 Å². The van der Waals surface area contributed by atoms with Gasteiger partial charge in [-0.15, -0.1) is 0 Å². The molecule has 1 rings (SSSR count). The quantitative estimate of drug-likeness (QED) is 0.448. The molecule has 0 aliphatic heterocycles. The number of rotatable bonds is 7. The van der Waals surface area contributed by atoms with Gasteiger partial charge in [0.15, 0.2) is 0 Å². The number of amides is 3. The smallest absolute Gasteiger partial charge is 0.312 e. The van der Waals surface area contributed by atoms with Crippen molar-refractivity contribution in [3.63, 3.8) is 0 Å². The van der Waals surface area contributed by atoms with Gasteiger partial charge in [-0.25, -0.2) is 4.79 Å². The Morgan fingerprint density at radius 1 is 1.25 bits per heavy atom. The first-order valence-corrected chi connectivity index (χ1v) is 6.25. The molecule has 0 aliphatic carbocycles. The van der Waals surface area contributed by atoms with Crippen molar-refractivity contribution in [3.05, 3.63) is 29.8 Å². The van der Waals surface area contributed by atoms with Gasteiger partial charge in [0.1, 0.15) is 6.10 Å². The number of hydrogen-bond donors (Lipinski definition) is 5. The highest BCUT2D eigenvalue weighted by Crippen LogP contribution is 2.10. The molecule has 0 saturated heterocycles. The van der Waals surface area contributed by atoms with Gasteiger partial charge in [-0.2, -0.15) is 0 Å². The molecule has 0 aromatic heterocycles. The zero-order valence-corrected chi connectivity index (χ0v) is 11.0. The summed E-state index contributed by atoms with van der Waals surface area (Å²) in [4.78, 5) is 22.1. The van der Waals surface area contributed by atoms with Gasteiger partial charge < -0.3 is 26.6 Å². The van der Waals surface area contributed by atoms with E-state index in [9.17, 15) is 14.7 Å². The van der Waals surface area contributed by atoms with E-state index in [1.807, 2.05) is 0 Å². The summed E-state index contributed by atoms with van der Waals surface area (Å²) in [6.07, 6.45) is -0.482. The van der Waals surface area contributed by atoms with E-state index in [2.05, 4.69) is 10.6 Å². The second-order valence-electron chi connectivity index (χ2n) is 4.29. The highest BCUT2D eigenvalue weighted by atomic mass is 16.3. The summed E-state index contributed by atoms with van der Waals surface area (Å²) < 4.78 is 0. The zero-order chi connectivity index (χ0) is 15.0. The average Bonchev–Trinajstić information content (AvgIpc) is 2.44. The van der Waals surface area contributed by atoms with Crippen LogP contribution in [0.2, 0.25) is 0 Å². The standard InChI is InChI=1S/C13H19N3O4/c14-13(20)15-7-1-2-11(18)12(19)16-10-5-3-9(8-17)4-6-10/h3-6,11,17-18H,1-2,7-8H2,(H,16,19)(H3,14,15,20)/t11-/m0/s1. The second kappa shape index (κ2) is 8.13. The summed E-state index contributed by atoms with van der Waals surface area (Å²) >= 11 is 0. The topological polar surface area (TPSA) is 125 Å². The molecule has 0 fully saturated rings. The summed E-state index contributed by atoms with van der Waals surface area (Å²) in [6, 6.07) is 6.01. The number of aliphatic hydroxyl groups is 2. The van der Waals surface area contributed by atoms with Crippen LogP contribution < -0.4 is 16.4 Å². The molecule has 0 heterocycles. The molecule has 1 aromatic carbocycles. The van der Waals surface area contributed by atoms with E-state index in [0.717, 1.165) is 5.56 Å². The lowest BCUT2D eigenvalue weighted by atomic mass is 10.1. The van der Waals surface area contributed by atoms with Gasteiger partial charge in [0.05, 0.1) is 6.61 Å². The summed E-state index contributed by atoms with van der Waals surface area (Å²) in [5.41, 5.74) is 6.17. The maximum absolute atomic E-state index is 11.7. The highest BCUT2D eigenvalue weighted by Gasteiger charge is 2.14. The molecule has 0 spiro atoms. The zero-order valence-electron chi connectivity index (χ0n) is 11.0. The Kier molecular flexibility index (Phi) is 6.48. The first-order valence-electron chi connectivity index (χ1n) is 6.25. The second-order valence-corrected chi connectivity index (χ2v) is 4.29. The number of urea groups is 1. The van der Waals surface area contributed by atoms with Crippen LogP contribution >= 0.6 is 0 Å². The lowest BCUT2D eigenvalue weighted by Crippen LogP contribution is -2.32. The molecule has 1 atom stereocenters. The molecule has 110 valence electrons. The Hall–Kier alpha value is -2.12. The van der Waals surface area contributed by atoms with Crippen molar-refractivity contribution in [1.29, 1.82) is 0 Å². The summed E-state index contributed by atoms with van der Waals surface area (Å²) in [5.74, 6) is -0.513. The Morgan fingerprint density at radius 3 is 2.45 bits per heavy atom. The van der Waals surface area contributed by atoms with Crippen LogP contribution in [0.1, 0.15) is 18.4 Å². The highest BCUT2D eigenvalue weighted by molar-refractivity contribution is 5.93. The molecular formula is C13H19N3O4. The maximum Gasteiger partial charge on any atom is 0.312 e. The number of primary amides is 1. The summed E-state index contributed by atoms with van der Waals surface area (Å²) in [7, 11) is 0. The number of carbonyl (C=O) groups excluding carboxylic acids is 2. The minimum Gasteiger partial charge on any atom is -0.392 e. The van der Waals surface area contributed by atoms with E-state index in [4.69, 9.17) is 10.8 Å². The van der Waals surface area contributed by atoms with Crippen molar-refractivity contribution < 1.29 is 19.8 Å². The van der Waals surface area contributed by atoms with Crippen LogP contribution in [-0.4, -0.2) is 34.8 Å². The Bertz CT molecular complexity index is 447. The van der Waals surface area contributed by atoms with Crippen LogP contribution in [0.5, 0.6) is 0 Å². The van der Waals surface area contributed by atoms with E-state index in [1.165, 1.54) is 0 Å². The molecule has 7 nitrogen and oxygen atoms in total. The van der Waals surface area contributed by atoms with Gasteiger partial charge in [0, 0.05) is 12.2 Å². The van der Waals surface area contributed by atoms with Crippen LogP contribution in [-0.2, 0) is 11.4 Å². The number of carbonyl (C=O) groups is 2. The molecule has 6 N–H and O–H groups in total. The van der Waals surface area contributed by atoms with Crippen LogP contribution in [0.3, 0.4) is 0 Å². The van der Waals surface area contributed by atoms with Gasteiger partial charge in [-0.05, 0) is 30.5 Å². The van der Waals surface area contributed by atoms with Crippen LogP contribution in [0.25, 0.3) is 0 Å². The third-order valence-electron chi connectivity index (χ3n) is 2.66. The van der Waals surface area contributed by atoms with Crippen molar-refractivity contribution in [2.45, 2.75) is 25.6 Å². The van der Waals surface area contributed by atoms with E-state index in [-0.39, 0.29) is 13.0 Å². The van der Waals surface area contributed by atoms with E-state index < -0.39 is 18.0 Å². The molecule has 1 aromatic rings. The first kappa shape index (κ1) is 15.9. The molecule has 3 amide bonds. The monoisotopic (exact) mass is 281 g/mol. The molecule has 0 unspecified atom stereocenters. The van der Waals surface area contributed by atoms with E-state index >= 15 is 0 Å². The number of nitrogens with one attached hydrogen (secondary N) is 2. The van der Waals surface area contributed by atoms with Crippen molar-refractivity contribution in [3.8, 4) is 0 Å². The van der Waals surface area contributed by atoms with E-state index in [1.54, 1.807) is 24.3 Å². The van der Waals surface area contributed by atoms with Crippen molar-refractivity contribution >= 4 is 17.6 Å². The number of nitrogens with two attached hydrogens (primary N) is 1. The SMILES string of the molecule is NC(=O)NCCC[C@H](O)C(=O)Nc1ccc(CO)cc1. The summed E-state index contributed by atoms with van der Waals surface area (Å²) in [5, 5.41) is 23.5. The molecule has 7 heteroatoms. The number of anilines is 1. The molecule has 0 radical (unpaired) electrons. The fourth-order valence-corrected chi connectivity index (χ4v) is 1.56. The molecule has 20 heavy (non-hydrogen) atoms. The van der Waals surface area contributed by atoms with E-state index in [0.29, 0.717) is 18.7 Å². The van der Waals surface area contributed by atoms with Crippen LogP contribution in [0, 0.1) is 0 Å². The largest absolute Gasteiger partial charge is 0.392 e. The lowest BCUT2D eigenvalue weighted by molar-refractivity contribution is -0.124. The Balaban J connectivity index is 2.34. The van der Waals surface area contributed by atoms with Gasteiger partial charge in [-0.1, -0.05) is 12.1 Å².